The van der Waals surface area contributed by atoms with Gasteiger partial charge in [-0.2, -0.15) is 5.26 Å². The lowest BCUT2D eigenvalue weighted by molar-refractivity contribution is 0.0703. The van der Waals surface area contributed by atoms with Crippen LogP contribution in [0.1, 0.15) is 5.56 Å². The summed E-state index contributed by atoms with van der Waals surface area (Å²) in [6, 6.07) is 3.56. The van der Waals surface area contributed by atoms with Gasteiger partial charge in [0.25, 0.3) is 0 Å². The van der Waals surface area contributed by atoms with Crippen molar-refractivity contribution >= 4 is 28.3 Å². The Balaban J connectivity index is 2.17. The Bertz CT molecular complexity index is 544. The van der Waals surface area contributed by atoms with E-state index >= 15 is 0 Å². The molecular weight excluding hydrogens is 350 g/mol. The number of nitrogens with zero attached hydrogens (tertiary/aromatic N) is 2. The second-order valence-electron chi connectivity index (χ2n) is 4.24. The lowest BCUT2D eigenvalue weighted by Gasteiger charge is -2.41. The molecule has 1 aromatic carbocycles. The minimum atomic E-state index is -0.405. The number of rotatable bonds is 0. The topological polar surface area (TPSA) is 45.5 Å². The van der Waals surface area contributed by atoms with Crippen LogP contribution in [0, 0.1) is 20.7 Å². The fraction of sp³-hybridized carbons (Fsp3) is 0.417. The van der Waals surface area contributed by atoms with Crippen LogP contribution < -0.4 is 9.64 Å². The molecule has 0 aromatic heterocycles. The molecule has 2 aliphatic rings. The molecule has 6 heteroatoms. The number of hydrogen-bond acceptors (Lipinski definition) is 4. The Hall–Kier alpha value is -1.07. The van der Waals surface area contributed by atoms with Crippen LogP contribution in [0.2, 0.25) is 0 Å². The van der Waals surface area contributed by atoms with E-state index in [9.17, 15) is 9.65 Å². The first kappa shape index (κ1) is 12.0. The maximum atomic E-state index is 13.7. The summed E-state index contributed by atoms with van der Waals surface area (Å²) >= 11 is 1.86. The Morgan fingerprint density at radius 1 is 1.50 bits per heavy atom. The van der Waals surface area contributed by atoms with Crippen molar-refractivity contribution in [1.29, 1.82) is 5.26 Å². The van der Waals surface area contributed by atoms with Gasteiger partial charge in [0, 0.05) is 12.6 Å². The van der Waals surface area contributed by atoms with Gasteiger partial charge in [-0.25, -0.2) is 4.39 Å². The molecule has 94 valence electrons. The van der Waals surface area contributed by atoms with Crippen molar-refractivity contribution in [3.8, 4) is 11.8 Å². The van der Waals surface area contributed by atoms with E-state index in [0.29, 0.717) is 46.9 Å². The molecule has 1 fully saturated rings. The van der Waals surface area contributed by atoms with Crippen molar-refractivity contribution < 1.29 is 13.9 Å². The van der Waals surface area contributed by atoms with Gasteiger partial charge in [-0.15, -0.1) is 0 Å². The number of benzene rings is 1. The number of anilines is 1. The van der Waals surface area contributed by atoms with E-state index in [4.69, 9.17) is 9.47 Å². The molecule has 1 aromatic rings. The molecule has 0 amide bonds. The zero-order valence-electron chi connectivity index (χ0n) is 9.45. The Kier molecular flexibility index (Phi) is 3.03. The van der Waals surface area contributed by atoms with Crippen molar-refractivity contribution in [3.63, 3.8) is 0 Å². The molecule has 2 heterocycles. The van der Waals surface area contributed by atoms with E-state index in [1.807, 2.05) is 22.6 Å². The van der Waals surface area contributed by atoms with Gasteiger partial charge < -0.3 is 14.4 Å². The van der Waals surface area contributed by atoms with Gasteiger partial charge in [0.1, 0.15) is 24.2 Å². The van der Waals surface area contributed by atoms with Crippen LogP contribution in [-0.2, 0) is 4.74 Å². The van der Waals surface area contributed by atoms with Crippen LogP contribution in [0.15, 0.2) is 6.07 Å². The molecule has 1 atom stereocenters. The summed E-state index contributed by atoms with van der Waals surface area (Å²) in [6.07, 6.45) is 0. The van der Waals surface area contributed by atoms with Crippen molar-refractivity contribution in [2.45, 2.75) is 6.04 Å². The lowest BCUT2D eigenvalue weighted by Crippen LogP contribution is -2.51. The Labute approximate surface area is 117 Å². The van der Waals surface area contributed by atoms with Crippen LogP contribution in [0.25, 0.3) is 0 Å². The SMILES string of the molecule is N#Cc1c(I)c(F)cc2c1N1CCOC[C@@H]1CO2. The molecule has 4 nitrogen and oxygen atoms in total. The van der Waals surface area contributed by atoms with Crippen LogP contribution in [0.5, 0.6) is 5.75 Å². The first-order valence-corrected chi connectivity index (χ1v) is 6.69. The van der Waals surface area contributed by atoms with Crippen molar-refractivity contribution in [3.05, 3.63) is 21.0 Å². The zero-order chi connectivity index (χ0) is 12.7. The van der Waals surface area contributed by atoms with Crippen LogP contribution in [0.4, 0.5) is 10.1 Å². The maximum Gasteiger partial charge on any atom is 0.147 e. The Morgan fingerprint density at radius 2 is 2.33 bits per heavy atom. The number of morpholine rings is 1. The smallest absolute Gasteiger partial charge is 0.147 e. The first-order valence-electron chi connectivity index (χ1n) is 5.61. The van der Waals surface area contributed by atoms with Gasteiger partial charge >= 0.3 is 0 Å². The summed E-state index contributed by atoms with van der Waals surface area (Å²) in [5, 5.41) is 9.25. The summed E-state index contributed by atoms with van der Waals surface area (Å²) < 4.78 is 25.0. The molecule has 0 bridgehead atoms. The third kappa shape index (κ3) is 1.73. The maximum absolute atomic E-state index is 13.7. The zero-order valence-corrected chi connectivity index (χ0v) is 11.6. The molecule has 0 saturated carbocycles. The summed E-state index contributed by atoms with van der Waals surface area (Å²) in [7, 11) is 0. The Morgan fingerprint density at radius 3 is 3.11 bits per heavy atom. The highest BCUT2D eigenvalue weighted by Crippen LogP contribution is 2.40. The van der Waals surface area contributed by atoms with Crippen LogP contribution in [-0.4, -0.2) is 32.4 Å². The predicted molar refractivity (Wildman–Crippen MR) is 71.3 cm³/mol. The van der Waals surface area contributed by atoms with E-state index in [-0.39, 0.29) is 6.04 Å². The molecule has 1 saturated heterocycles. The summed E-state index contributed by atoms with van der Waals surface area (Å²) in [4.78, 5) is 2.10. The summed E-state index contributed by atoms with van der Waals surface area (Å²) in [5.74, 6) is 0.0558. The van der Waals surface area contributed by atoms with Gasteiger partial charge in [-0.05, 0) is 22.6 Å². The standard InChI is InChI=1S/C12H10FIN2O2/c13-9-3-10-12(8(4-15)11(9)14)16-1-2-17-5-7(16)6-18-10/h3,7H,1-2,5-6H2/t7-/m1/s1. The van der Waals surface area contributed by atoms with Gasteiger partial charge in [-0.3, -0.25) is 0 Å². The highest BCUT2D eigenvalue weighted by atomic mass is 127. The second kappa shape index (κ2) is 4.55. The number of fused-ring (bicyclic) bond motifs is 3. The fourth-order valence-corrected chi connectivity index (χ4v) is 2.90. The van der Waals surface area contributed by atoms with E-state index < -0.39 is 5.82 Å². The van der Waals surface area contributed by atoms with E-state index in [1.165, 1.54) is 6.07 Å². The van der Waals surface area contributed by atoms with Crippen molar-refractivity contribution in [1.82, 2.24) is 0 Å². The van der Waals surface area contributed by atoms with Crippen LogP contribution in [0.3, 0.4) is 0 Å². The van der Waals surface area contributed by atoms with Gasteiger partial charge in [0.2, 0.25) is 0 Å². The fourth-order valence-electron chi connectivity index (χ4n) is 2.36. The molecule has 0 unspecified atom stereocenters. The molecule has 0 radical (unpaired) electrons. The third-order valence-electron chi connectivity index (χ3n) is 3.21. The normalized spacial score (nSPS) is 21.6. The van der Waals surface area contributed by atoms with E-state index in [1.54, 1.807) is 0 Å². The average Bonchev–Trinajstić information content (AvgIpc) is 2.40. The minimum Gasteiger partial charge on any atom is -0.489 e. The van der Waals surface area contributed by atoms with E-state index in [2.05, 4.69) is 11.0 Å². The van der Waals surface area contributed by atoms with Crippen LogP contribution >= 0.6 is 22.6 Å². The largest absolute Gasteiger partial charge is 0.489 e. The predicted octanol–water partition coefficient (Wildman–Crippen LogP) is 1.90. The highest BCUT2D eigenvalue weighted by molar-refractivity contribution is 14.1. The molecule has 0 spiro atoms. The van der Waals surface area contributed by atoms with Crippen molar-refractivity contribution in [2.75, 3.05) is 31.3 Å². The van der Waals surface area contributed by atoms with Gasteiger partial charge in [0.05, 0.1) is 34.1 Å². The monoisotopic (exact) mass is 360 g/mol. The first-order chi connectivity index (χ1) is 8.72. The highest BCUT2D eigenvalue weighted by Gasteiger charge is 2.34. The molecule has 18 heavy (non-hydrogen) atoms. The molecule has 2 aliphatic heterocycles. The number of nitriles is 1. The molecular formula is C12H10FIN2O2. The number of ether oxygens (including phenoxy) is 2. The summed E-state index contributed by atoms with van der Waals surface area (Å²) in [6.45, 7) is 2.38. The molecule has 0 aliphatic carbocycles. The molecule has 3 rings (SSSR count). The average molecular weight is 360 g/mol. The number of halogens is 2. The second-order valence-corrected chi connectivity index (χ2v) is 5.32. The van der Waals surface area contributed by atoms with E-state index in [0.717, 1.165) is 0 Å². The molecule has 0 N–H and O–H groups in total. The third-order valence-corrected chi connectivity index (χ3v) is 4.27. The minimum absolute atomic E-state index is 0.111. The van der Waals surface area contributed by atoms with Gasteiger partial charge in [-0.1, -0.05) is 0 Å². The lowest BCUT2D eigenvalue weighted by atomic mass is 10.1. The number of hydrogen-bond donors (Lipinski definition) is 0. The quantitative estimate of drug-likeness (QED) is 0.663. The van der Waals surface area contributed by atoms with Crippen molar-refractivity contribution in [2.24, 2.45) is 0 Å². The summed E-state index contributed by atoms with van der Waals surface area (Å²) in [5.41, 5.74) is 1.07. The van der Waals surface area contributed by atoms with Gasteiger partial charge in [0.15, 0.2) is 0 Å².